The van der Waals surface area contributed by atoms with Crippen LogP contribution in [0.2, 0.25) is 5.02 Å². The van der Waals surface area contributed by atoms with Crippen molar-refractivity contribution in [2.24, 2.45) is 0 Å². The minimum atomic E-state index is -0.686. The van der Waals surface area contributed by atoms with Gasteiger partial charge in [-0.2, -0.15) is 0 Å². The number of aromatic nitrogens is 3. The van der Waals surface area contributed by atoms with Gasteiger partial charge in [0, 0.05) is 5.69 Å². The van der Waals surface area contributed by atoms with Gasteiger partial charge in [0.1, 0.15) is 17.1 Å². The zero-order valence-corrected chi connectivity index (χ0v) is 18.4. The average Bonchev–Trinajstić information content (AvgIpc) is 3.19. The highest BCUT2D eigenvalue weighted by atomic mass is 35.5. The number of thiazole rings is 1. The maximum Gasteiger partial charge on any atom is 0.337 e. The molecular weight excluding hydrogens is 463 g/mol. The van der Waals surface area contributed by atoms with Crippen LogP contribution in [0, 0.1) is 5.82 Å². The van der Waals surface area contributed by atoms with E-state index in [1.807, 2.05) is 0 Å². The van der Waals surface area contributed by atoms with Crippen LogP contribution in [0.15, 0.2) is 62.5 Å². The van der Waals surface area contributed by atoms with Crippen LogP contribution in [0.4, 0.5) is 10.1 Å². The normalized spacial score (nSPS) is 11.1. The summed E-state index contributed by atoms with van der Waals surface area (Å²) in [5.41, 5.74) is -0.373. The Morgan fingerprint density at radius 3 is 2.65 bits per heavy atom. The first-order chi connectivity index (χ1) is 14.9. The van der Waals surface area contributed by atoms with Gasteiger partial charge in [-0.05, 0) is 36.6 Å². The van der Waals surface area contributed by atoms with Crippen molar-refractivity contribution >= 4 is 56.6 Å². The van der Waals surface area contributed by atoms with Crippen LogP contribution in [0.1, 0.15) is 0 Å². The maximum absolute atomic E-state index is 13.4. The van der Waals surface area contributed by atoms with Gasteiger partial charge in [-0.3, -0.25) is 14.2 Å². The number of nitrogens with zero attached hydrogens (tertiary/aromatic N) is 3. The number of nitrogens with one attached hydrogen (secondary N) is 1. The Morgan fingerprint density at radius 1 is 1.23 bits per heavy atom. The third-order valence-corrected chi connectivity index (χ3v) is 6.67. The third kappa shape index (κ3) is 4.14. The van der Waals surface area contributed by atoms with Gasteiger partial charge in [0.2, 0.25) is 5.91 Å². The second kappa shape index (κ2) is 8.66. The lowest BCUT2D eigenvalue weighted by Crippen LogP contribution is -2.40. The van der Waals surface area contributed by atoms with Crippen LogP contribution in [-0.2, 0) is 11.3 Å². The van der Waals surface area contributed by atoms with E-state index in [-0.39, 0.29) is 21.1 Å². The molecule has 0 spiro atoms. The Kier molecular flexibility index (Phi) is 5.94. The number of hydrogen-bond acceptors (Lipinski definition) is 6. The van der Waals surface area contributed by atoms with E-state index >= 15 is 0 Å². The molecule has 11 heteroatoms. The molecule has 4 rings (SSSR count). The largest absolute Gasteiger partial charge is 0.337 e. The summed E-state index contributed by atoms with van der Waals surface area (Å²) >= 11 is 8.25. The van der Waals surface area contributed by atoms with Crippen LogP contribution in [0.3, 0.4) is 0 Å². The molecule has 0 saturated heterocycles. The lowest BCUT2D eigenvalue weighted by atomic mass is 10.3. The molecule has 1 amide bonds. The van der Waals surface area contributed by atoms with Crippen molar-refractivity contribution in [3.05, 3.63) is 80.2 Å². The van der Waals surface area contributed by atoms with E-state index < -0.39 is 29.5 Å². The summed E-state index contributed by atoms with van der Waals surface area (Å²) in [6.07, 6.45) is 1.81. The first-order valence-electron chi connectivity index (χ1n) is 8.89. The number of carbonyl (C=O) groups is 1. The molecule has 0 bridgehead atoms. The topological polar surface area (TPSA) is 86.0 Å². The van der Waals surface area contributed by atoms with E-state index in [1.54, 1.807) is 36.6 Å². The first-order valence-corrected chi connectivity index (χ1v) is 11.3. The Labute approximate surface area is 188 Å². The van der Waals surface area contributed by atoms with Gasteiger partial charge in [-0.1, -0.05) is 41.6 Å². The van der Waals surface area contributed by atoms with Gasteiger partial charge in [0.05, 0.1) is 10.7 Å². The monoisotopic (exact) mass is 476 g/mol. The molecular formula is C20H14ClFN4O3S2. The van der Waals surface area contributed by atoms with Crippen molar-refractivity contribution in [3.8, 4) is 5.69 Å². The summed E-state index contributed by atoms with van der Waals surface area (Å²) in [5, 5.41) is 2.44. The summed E-state index contributed by atoms with van der Waals surface area (Å²) in [6.45, 7) is -0.394. The molecule has 0 atom stereocenters. The maximum atomic E-state index is 13.4. The van der Waals surface area contributed by atoms with Crippen molar-refractivity contribution in [1.29, 1.82) is 0 Å². The van der Waals surface area contributed by atoms with E-state index in [0.717, 1.165) is 26.5 Å². The Balaban J connectivity index is 1.81. The summed E-state index contributed by atoms with van der Waals surface area (Å²) < 4.78 is 16.4. The van der Waals surface area contributed by atoms with Gasteiger partial charge in [-0.15, -0.1) is 11.3 Å². The second-order valence-corrected chi connectivity index (χ2v) is 8.82. The van der Waals surface area contributed by atoms with Gasteiger partial charge >= 0.3 is 5.69 Å². The minimum absolute atomic E-state index is 0.140. The molecule has 0 aliphatic rings. The van der Waals surface area contributed by atoms with Crippen LogP contribution in [0.5, 0.6) is 0 Å². The van der Waals surface area contributed by atoms with Crippen molar-refractivity contribution < 1.29 is 9.18 Å². The second-order valence-electron chi connectivity index (χ2n) is 6.36. The van der Waals surface area contributed by atoms with Gasteiger partial charge in [-0.25, -0.2) is 18.7 Å². The number of amides is 1. The predicted octanol–water partition coefficient (Wildman–Crippen LogP) is 3.76. The summed E-state index contributed by atoms with van der Waals surface area (Å²) in [6, 6.07) is 12.2. The molecule has 2 aromatic carbocycles. The lowest BCUT2D eigenvalue weighted by Gasteiger charge is -2.12. The molecule has 0 unspecified atom stereocenters. The quantitative estimate of drug-likeness (QED) is 0.443. The van der Waals surface area contributed by atoms with E-state index in [4.69, 9.17) is 11.6 Å². The van der Waals surface area contributed by atoms with Gasteiger partial charge in [0.25, 0.3) is 5.56 Å². The van der Waals surface area contributed by atoms with Crippen LogP contribution < -0.4 is 16.6 Å². The number of fused-ring (bicyclic) bond motifs is 1. The number of rotatable bonds is 5. The van der Waals surface area contributed by atoms with E-state index in [2.05, 4.69) is 10.3 Å². The number of hydrogen-bond donors (Lipinski definition) is 1. The molecule has 31 heavy (non-hydrogen) atoms. The van der Waals surface area contributed by atoms with Crippen molar-refractivity contribution in [3.63, 3.8) is 0 Å². The van der Waals surface area contributed by atoms with Crippen LogP contribution in [0.25, 0.3) is 16.0 Å². The molecule has 0 radical (unpaired) electrons. The predicted molar refractivity (Wildman–Crippen MR) is 121 cm³/mol. The number of para-hydroxylation sites is 1. The highest BCUT2D eigenvalue weighted by Gasteiger charge is 2.20. The molecule has 2 heterocycles. The number of benzene rings is 2. The highest BCUT2D eigenvalue weighted by Crippen LogP contribution is 2.25. The standard InChI is InChI=1S/C20H14ClFN4O3S2/c1-30-19-24-17-16(31-19)18(28)26(12-5-3-2-4-6-12)20(29)25(17)10-15(27)23-11-7-8-14(22)13(21)9-11/h2-9H,10H2,1H3,(H,23,27). The van der Waals surface area contributed by atoms with Gasteiger partial charge in [0.15, 0.2) is 9.99 Å². The van der Waals surface area contributed by atoms with Crippen molar-refractivity contribution in [2.75, 3.05) is 11.6 Å². The molecule has 0 saturated carbocycles. The molecule has 7 nitrogen and oxygen atoms in total. The summed E-state index contributed by atoms with van der Waals surface area (Å²) in [5.74, 6) is -1.16. The van der Waals surface area contributed by atoms with E-state index in [0.29, 0.717) is 10.0 Å². The Bertz CT molecular complexity index is 1420. The van der Waals surface area contributed by atoms with Gasteiger partial charge < -0.3 is 5.32 Å². The summed E-state index contributed by atoms with van der Waals surface area (Å²) in [7, 11) is 0. The van der Waals surface area contributed by atoms with Crippen LogP contribution >= 0.6 is 34.7 Å². The highest BCUT2D eigenvalue weighted by molar-refractivity contribution is 8.00. The first kappa shape index (κ1) is 21.3. The Hall–Kier alpha value is -2.95. The molecule has 0 fully saturated rings. The zero-order chi connectivity index (χ0) is 22.1. The van der Waals surface area contributed by atoms with Crippen LogP contribution in [-0.4, -0.2) is 26.3 Å². The zero-order valence-electron chi connectivity index (χ0n) is 16.0. The van der Waals surface area contributed by atoms with E-state index in [9.17, 15) is 18.8 Å². The number of thioether (sulfide) groups is 1. The number of carbonyl (C=O) groups excluding carboxylic acids is 1. The fourth-order valence-electron chi connectivity index (χ4n) is 2.97. The molecule has 0 aliphatic carbocycles. The van der Waals surface area contributed by atoms with Crippen molar-refractivity contribution in [2.45, 2.75) is 10.9 Å². The molecule has 2 aromatic heterocycles. The average molecular weight is 477 g/mol. The Morgan fingerprint density at radius 2 is 1.97 bits per heavy atom. The van der Waals surface area contributed by atoms with E-state index in [1.165, 1.54) is 23.9 Å². The lowest BCUT2D eigenvalue weighted by molar-refractivity contribution is -0.116. The minimum Gasteiger partial charge on any atom is -0.324 e. The summed E-state index contributed by atoms with van der Waals surface area (Å²) in [4.78, 5) is 43.3. The molecule has 0 aliphatic heterocycles. The number of halogens is 2. The fraction of sp³-hybridized carbons (Fsp3) is 0.100. The SMILES string of the molecule is CSc1nc2c(s1)c(=O)n(-c1ccccc1)c(=O)n2CC(=O)Nc1ccc(F)c(Cl)c1. The van der Waals surface area contributed by atoms with Crippen molar-refractivity contribution in [1.82, 2.24) is 14.1 Å². The number of anilines is 1. The molecule has 158 valence electrons. The third-order valence-electron chi connectivity index (χ3n) is 4.36. The fourth-order valence-corrected chi connectivity index (χ4v) is 4.64. The molecule has 4 aromatic rings. The smallest absolute Gasteiger partial charge is 0.324 e. The molecule has 1 N–H and O–H groups in total.